The molecule has 292 valence electrons. The molecule has 5 atom stereocenters. The van der Waals surface area contributed by atoms with Gasteiger partial charge in [0.2, 0.25) is 0 Å². The van der Waals surface area contributed by atoms with Gasteiger partial charge in [-0.3, -0.25) is 19.2 Å². The Balaban J connectivity index is 2.18. The van der Waals surface area contributed by atoms with Crippen molar-refractivity contribution in [2.24, 2.45) is 0 Å². The molecule has 0 amide bonds. The van der Waals surface area contributed by atoms with Gasteiger partial charge in [0.25, 0.3) is 0 Å². The first kappa shape index (κ1) is 45.8. The van der Waals surface area contributed by atoms with E-state index >= 15 is 0 Å². The number of hydrogen-bond donors (Lipinski definition) is 0. The molecule has 1 aliphatic heterocycles. The van der Waals surface area contributed by atoms with Gasteiger partial charge < -0.3 is 33.2 Å². The van der Waals surface area contributed by atoms with Gasteiger partial charge in [-0.2, -0.15) is 0 Å². The van der Waals surface area contributed by atoms with E-state index in [0.29, 0.717) is 19.6 Å². The maximum atomic E-state index is 11.9. The number of ether oxygens (including phenoxy) is 7. The molecule has 0 spiro atoms. The van der Waals surface area contributed by atoms with E-state index in [2.05, 4.69) is 6.92 Å². The maximum Gasteiger partial charge on any atom is 0.303 e. The lowest BCUT2D eigenvalue weighted by molar-refractivity contribution is -0.308. The van der Waals surface area contributed by atoms with Crippen LogP contribution in [0, 0.1) is 0 Å². The summed E-state index contributed by atoms with van der Waals surface area (Å²) in [6.45, 7) is 8.13. The first-order valence-corrected chi connectivity index (χ1v) is 19.7. The Hall–Kier alpha value is -2.24. The van der Waals surface area contributed by atoms with Gasteiger partial charge in [-0.05, 0) is 12.8 Å². The zero-order valence-electron chi connectivity index (χ0n) is 32.1. The normalized spacial score (nSPS) is 20.3. The average molecular weight is 715 g/mol. The minimum Gasteiger partial charge on any atom is -0.463 e. The van der Waals surface area contributed by atoms with Crippen LogP contribution in [-0.4, -0.2) is 81.0 Å². The summed E-state index contributed by atoms with van der Waals surface area (Å²) >= 11 is 0. The van der Waals surface area contributed by atoms with Gasteiger partial charge in [-0.15, -0.1) is 0 Å². The fourth-order valence-corrected chi connectivity index (χ4v) is 6.24. The Bertz CT molecular complexity index is 895. The van der Waals surface area contributed by atoms with Crippen LogP contribution in [0.1, 0.15) is 169 Å². The van der Waals surface area contributed by atoms with Crippen LogP contribution >= 0.6 is 0 Å². The van der Waals surface area contributed by atoms with Gasteiger partial charge in [0.1, 0.15) is 12.7 Å². The van der Waals surface area contributed by atoms with Crippen LogP contribution in [-0.2, 0) is 52.3 Å². The lowest BCUT2D eigenvalue weighted by Crippen LogP contribution is -2.63. The Morgan fingerprint density at radius 1 is 0.460 bits per heavy atom. The van der Waals surface area contributed by atoms with Gasteiger partial charge in [0.15, 0.2) is 24.6 Å². The average Bonchev–Trinajstić information content (AvgIpc) is 3.05. The van der Waals surface area contributed by atoms with Crippen LogP contribution in [0.2, 0.25) is 0 Å². The quantitative estimate of drug-likeness (QED) is 0.0390. The molecule has 0 aliphatic carbocycles. The van der Waals surface area contributed by atoms with Crippen LogP contribution in [0.4, 0.5) is 0 Å². The largest absolute Gasteiger partial charge is 0.463 e. The van der Waals surface area contributed by atoms with E-state index in [-0.39, 0.29) is 13.2 Å². The Morgan fingerprint density at radius 3 is 1.30 bits per heavy atom. The molecule has 0 aromatic heterocycles. The smallest absolute Gasteiger partial charge is 0.303 e. The number of rotatable bonds is 31. The zero-order chi connectivity index (χ0) is 36.8. The summed E-state index contributed by atoms with van der Waals surface area (Å²) in [5.74, 6) is -2.60. The van der Waals surface area contributed by atoms with Crippen LogP contribution in [0.25, 0.3) is 0 Å². The fraction of sp³-hybridized carbons (Fsp3) is 0.897. The van der Waals surface area contributed by atoms with Crippen molar-refractivity contribution in [2.75, 3.05) is 26.4 Å². The van der Waals surface area contributed by atoms with Gasteiger partial charge in [0, 0.05) is 40.9 Å². The van der Waals surface area contributed by atoms with E-state index in [4.69, 9.17) is 33.2 Å². The molecule has 11 nitrogen and oxygen atoms in total. The summed E-state index contributed by atoms with van der Waals surface area (Å²) in [6, 6.07) is 0. The van der Waals surface area contributed by atoms with Crippen molar-refractivity contribution in [3.63, 3.8) is 0 Å². The summed E-state index contributed by atoms with van der Waals surface area (Å²) in [4.78, 5) is 47.2. The van der Waals surface area contributed by atoms with E-state index in [1.54, 1.807) is 0 Å². The molecule has 1 saturated heterocycles. The van der Waals surface area contributed by atoms with Gasteiger partial charge >= 0.3 is 23.9 Å². The van der Waals surface area contributed by atoms with E-state index in [1.807, 2.05) is 0 Å². The molecule has 0 saturated carbocycles. The molecule has 0 bridgehead atoms. The predicted molar refractivity (Wildman–Crippen MR) is 191 cm³/mol. The van der Waals surface area contributed by atoms with Gasteiger partial charge in [-0.25, -0.2) is 0 Å². The lowest BCUT2D eigenvalue weighted by atomic mass is 9.98. The third-order valence-corrected chi connectivity index (χ3v) is 8.81. The third-order valence-electron chi connectivity index (χ3n) is 8.81. The highest BCUT2D eigenvalue weighted by molar-refractivity contribution is 5.68. The molecule has 50 heavy (non-hydrogen) atoms. The van der Waals surface area contributed by atoms with Crippen molar-refractivity contribution < 1.29 is 52.3 Å². The Labute approximate surface area is 302 Å². The van der Waals surface area contributed by atoms with E-state index in [0.717, 1.165) is 12.8 Å². The van der Waals surface area contributed by atoms with E-state index < -0.39 is 54.6 Å². The number of hydrogen-bond acceptors (Lipinski definition) is 11. The molecule has 0 unspecified atom stereocenters. The lowest BCUT2D eigenvalue weighted by Gasteiger charge is -2.44. The van der Waals surface area contributed by atoms with Crippen molar-refractivity contribution in [2.45, 2.75) is 200 Å². The monoisotopic (exact) mass is 714 g/mol. The molecular weight excluding hydrogens is 644 g/mol. The summed E-state index contributed by atoms with van der Waals surface area (Å²) in [6.07, 6.45) is 21.7. The van der Waals surface area contributed by atoms with Gasteiger partial charge in [-0.1, -0.05) is 129 Å². The van der Waals surface area contributed by atoms with E-state index in [9.17, 15) is 19.2 Å². The number of carbonyl (C=O) groups excluding carboxylic acids is 4. The second-order valence-corrected chi connectivity index (χ2v) is 13.6. The minimum absolute atomic E-state index is 0.201. The standard InChI is InChI=1S/C39H70O11/c1-6-7-8-9-10-11-12-13-14-15-16-17-18-19-20-21-22-23-24-25-27-44-28-26-29-45-39-38(49-34(5)43)37(48-33(4)42)36(47-32(3)41)35(50-39)30-46-31(2)40/h35-39H,6-30H2,1-5H3/t35-,36+,37+,38-,39-/m1/s1. The number of unbranched alkanes of at least 4 members (excludes halogenated alkanes) is 19. The van der Waals surface area contributed by atoms with Gasteiger partial charge in [0.05, 0.1) is 6.61 Å². The molecule has 0 aromatic carbocycles. The molecule has 0 radical (unpaired) electrons. The highest BCUT2D eigenvalue weighted by Crippen LogP contribution is 2.30. The summed E-state index contributed by atoms with van der Waals surface area (Å²) in [5.41, 5.74) is 0. The molecule has 1 fully saturated rings. The molecule has 0 N–H and O–H groups in total. The van der Waals surface area contributed by atoms with Crippen LogP contribution in [0.5, 0.6) is 0 Å². The van der Waals surface area contributed by atoms with Crippen molar-refractivity contribution in [1.82, 2.24) is 0 Å². The van der Waals surface area contributed by atoms with Crippen molar-refractivity contribution in [3.05, 3.63) is 0 Å². The van der Waals surface area contributed by atoms with Crippen LogP contribution in [0.3, 0.4) is 0 Å². The van der Waals surface area contributed by atoms with Crippen molar-refractivity contribution in [1.29, 1.82) is 0 Å². The summed E-state index contributed by atoms with van der Waals surface area (Å²) in [7, 11) is 0. The minimum atomic E-state index is -1.24. The maximum absolute atomic E-state index is 11.9. The zero-order valence-corrected chi connectivity index (χ0v) is 32.1. The highest BCUT2D eigenvalue weighted by Gasteiger charge is 2.52. The van der Waals surface area contributed by atoms with Crippen LogP contribution in [0.15, 0.2) is 0 Å². The van der Waals surface area contributed by atoms with E-state index in [1.165, 1.54) is 143 Å². The molecule has 1 aliphatic rings. The molecule has 1 heterocycles. The molecular formula is C39H70O11. The predicted octanol–water partition coefficient (Wildman–Crippen LogP) is 8.31. The number of esters is 4. The molecule has 0 aromatic rings. The number of carbonyl (C=O) groups is 4. The third kappa shape index (κ3) is 24.0. The Morgan fingerprint density at radius 2 is 0.860 bits per heavy atom. The van der Waals surface area contributed by atoms with Crippen LogP contribution < -0.4 is 0 Å². The molecule has 1 rings (SSSR count). The SMILES string of the molecule is CCCCCCCCCCCCCCCCCCCCCCOCCCO[C@@H]1O[C@H](COC(C)=O)[C@H](OC(C)=O)[C@H](OC(C)=O)[C@H]1OC(C)=O. The van der Waals surface area contributed by atoms with Crippen molar-refractivity contribution in [3.8, 4) is 0 Å². The summed E-state index contributed by atoms with van der Waals surface area (Å²) < 4.78 is 38.9. The second kappa shape index (κ2) is 30.4. The topological polar surface area (TPSA) is 133 Å². The second-order valence-electron chi connectivity index (χ2n) is 13.6. The molecule has 11 heteroatoms. The first-order valence-electron chi connectivity index (χ1n) is 19.7. The fourth-order valence-electron chi connectivity index (χ4n) is 6.24. The Kier molecular flexibility index (Phi) is 27.8. The van der Waals surface area contributed by atoms with Crippen molar-refractivity contribution >= 4 is 23.9 Å². The summed E-state index contributed by atoms with van der Waals surface area (Å²) in [5, 5.41) is 0. The first-order chi connectivity index (χ1) is 24.1. The highest BCUT2D eigenvalue weighted by atomic mass is 16.7.